The standard InChI is InChI=1S/C23H26N2O4/c1-17-22(28-14-13-27-17)23(26)24-11-12-25-15-19-9-5-6-10-20(19)29-21(16-25)18-7-3-2-4-8-18/h2-10,21H,11-16H2,1H3,(H,24,26). The van der Waals surface area contributed by atoms with Gasteiger partial charge in [-0.3, -0.25) is 9.69 Å². The number of hydrogen-bond donors (Lipinski definition) is 1. The quantitative estimate of drug-likeness (QED) is 0.845. The lowest BCUT2D eigenvalue weighted by Gasteiger charge is -2.24. The Labute approximate surface area is 171 Å². The Kier molecular flexibility index (Phi) is 6.00. The molecule has 1 atom stereocenters. The molecular weight excluding hydrogens is 368 g/mol. The summed E-state index contributed by atoms with van der Waals surface area (Å²) in [7, 11) is 0. The van der Waals surface area contributed by atoms with Gasteiger partial charge in [0.1, 0.15) is 30.8 Å². The van der Waals surface area contributed by atoms with Gasteiger partial charge in [-0.15, -0.1) is 0 Å². The van der Waals surface area contributed by atoms with E-state index in [1.165, 1.54) is 0 Å². The maximum absolute atomic E-state index is 12.4. The number of nitrogens with one attached hydrogen (secondary N) is 1. The molecule has 0 radical (unpaired) electrons. The van der Waals surface area contributed by atoms with Crippen LogP contribution in [0.25, 0.3) is 0 Å². The molecule has 1 N–H and O–H groups in total. The van der Waals surface area contributed by atoms with Gasteiger partial charge in [-0.1, -0.05) is 48.5 Å². The molecule has 2 aromatic rings. The predicted molar refractivity (Wildman–Crippen MR) is 109 cm³/mol. The Balaban J connectivity index is 1.43. The molecule has 1 unspecified atom stereocenters. The summed E-state index contributed by atoms with van der Waals surface area (Å²) in [5.41, 5.74) is 2.30. The van der Waals surface area contributed by atoms with Crippen molar-refractivity contribution in [1.82, 2.24) is 10.2 Å². The number of rotatable bonds is 5. The maximum Gasteiger partial charge on any atom is 0.289 e. The monoisotopic (exact) mass is 394 g/mol. The molecular formula is C23H26N2O4. The molecule has 2 aliphatic rings. The zero-order chi connectivity index (χ0) is 20.1. The number of carbonyl (C=O) groups is 1. The van der Waals surface area contributed by atoms with E-state index in [-0.39, 0.29) is 17.8 Å². The summed E-state index contributed by atoms with van der Waals surface area (Å²) in [6.45, 7) is 5.38. The van der Waals surface area contributed by atoms with Gasteiger partial charge in [0.2, 0.25) is 5.76 Å². The number of para-hydroxylation sites is 1. The number of nitrogens with zero attached hydrogens (tertiary/aromatic N) is 1. The molecule has 0 saturated heterocycles. The van der Waals surface area contributed by atoms with Crippen LogP contribution >= 0.6 is 0 Å². The van der Waals surface area contributed by atoms with Gasteiger partial charge in [0.25, 0.3) is 5.91 Å². The first-order valence-electron chi connectivity index (χ1n) is 9.97. The third-order valence-corrected chi connectivity index (χ3v) is 5.12. The minimum absolute atomic E-state index is 0.0596. The van der Waals surface area contributed by atoms with Gasteiger partial charge < -0.3 is 19.5 Å². The van der Waals surface area contributed by atoms with Crippen LogP contribution in [0.1, 0.15) is 24.2 Å². The van der Waals surface area contributed by atoms with E-state index >= 15 is 0 Å². The molecule has 0 aliphatic carbocycles. The first-order chi connectivity index (χ1) is 14.2. The smallest absolute Gasteiger partial charge is 0.289 e. The Morgan fingerprint density at radius 2 is 1.83 bits per heavy atom. The highest BCUT2D eigenvalue weighted by atomic mass is 16.6. The SMILES string of the molecule is CC1=C(C(=O)NCCN2Cc3ccccc3OC(c3ccccc3)C2)OCCO1. The van der Waals surface area contributed by atoms with Crippen molar-refractivity contribution in [2.75, 3.05) is 32.8 Å². The maximum atomic E-state index is 12.4. The second-order valence-corrected chi connectivity index (χ2v) is 7.20. The zero-order valence-corrected chi connectivity index (χ0v) is 16.6. The van der Waals surface area contributed by atoms with Crippen LogP contribution in [-0.2, 0) is 20.8 Å². The first kappa shape index (κ1) is 19.3. The van der Waals surface area contributed by atoms with Crippen LogP contribution in [0.4, 0.5) is 0 Å². The number of amides is 1. The Morgan fingerprint density at radius 1 is 1.07 bits per heavy atom. The van der Waals surface area contributed by atoms with Crippen LogP contribution in [0.2, 0.25) is 0 Å². The summed E-state index contributed by atoms with van der Waals surface area (Å²) in [6.07, 6.45) is -0.0596. The normalized spacial score (nSPS) is 19.3. The molecule has 0 aromatic heterocycles. The Bertz CT molecular complexity index is 881. The van der Waals surface area contributed by atoms with Crippen LogP contribution in [0, 0.1) is 0 Å². The number of hydrogen-bond acceptors (Lipinski definition) is 5. The van der Waals surface area contributed by atoms with E-state index in [9.17, 15) is 4.79 Å². The molecule has 1 amide bonds. The van der Waals surface area contributed by atoms with Crippen molar-refractivity contribution in [2.45, 2.75) is 19.6 Å². The fraction of sp³-hybridized carbons (Fsp3) is 0.348. The van der Waals surface area contributed by atoms with Crippen LogP contribution in [0.15, 0.2) is 66.1 Å². The van der Waals surface area contributed by atoms with E-state index in [0.717, 1.165) is 30.0 Å². The highest BCUT2D eigenvalue weighted by molar-refractivity contribution is 5.91. The van der Waals surface area contributed by atoms with E-state index in [4.69, 9.17) is 14.2 Å². The van der Waals surface area contributed by atoms with Gasteiger partial charge in [-0.2, -0.15) is 0 Å². The molecule has 0 saturated carbocycles. The zero-order valence-electron chi connectivity index (χ0n) is 16.6. The number of benzene rings is 2. The van der Waals surface area contributed by atoms with Crippen molar-refractivity contribution in [3.63, 3.8) is 0 Å². The van der Waals surface area contributed by atoms with Crippen LogP contribution < -0.4 is 10.1 Å². The van der Waals surface area contributed by atoms with Crippen molar-refractivity contribution in [3.05, 3.63) is 77.2 Å². The summed E-state index contributed by atoms with van der Waals surface area (Å²) < 4.78 is 17.2. The number of ether oxygens (including phenoxy) is 3. The minimum atomic E-state index is -0.228. The predicted octanol–water partition coefficient (Wildman–Crippen LogP) is 3.02. The van der Waals surface area contributed by atoms with Crippen molar-refractivity contribution in [3.8, 4) is 5.75 Å². The molecule has 0 spiro atoms. The summed E-state index contributed by atoms with van der Waals surface area (Å²) in [5, 5.41) is 2.94. The van der Waals surface area contributed by atoms with Crippen LogP contribution in [0.3, 0.4) is 0 Å². The third-order valence-electron chi connectivity index (χ3n) is 5.12. The van der Waals surface area contributed by atoms with E-state index < -0.39 is 0 Å². The van der Waals surface area contributed by atoms with Gasteiger partial charge in [0.15, 0.2) is 0 Å². The summed E-state index contributed by atoms with van der Waals surface area (Å²) in [5.74, 6) is 1.51. The van der Waals surface area contributed by atoms with E-state index in [2.05, 4.69) is 28.4 Å². The topological polar surface area (TPSA) is 60.0 Å². The van der Waals surface area contributed by atoms with E-state index in [0.29, 0.717) is 32.1 Å². The number of allylic oxidation sites excluding steroid dienone is 1. The summed E-state index contributed by atoms with van der Waals surface area (Å²) in [6, 6.07) is 18.4. The van der Waals surface area contributed by atoms with E-state index in [1.54, 1.807) is 6.92 Å². The lowest BCUT2D eigenvalue weighted by Crippen LogP contribution is -2.38. The Hall–Kier alpha value is -2.99. The molecule has 2 heterocycles. The van der Waals surface area contributed by atoms with Crippen molar-refractivity contribution in [1.29, 1.82) is 0 Å². The molecule has 0 bridgehead atoms. The fourth-order valence-electron chi connectivity index (χ4n) is 3.63. The molecule has 4 rings (SSSR count). The van der Waals surface area contributed by atoms with Crippen molar-refractivity contribution >= 4 is 5.91 Å². The molecule has 6 nitrogen and oxygen atoms in total. The largest absolute Gasteiger partial charge is 0.491 e. The van der Waals surface area contributed by atoms with Crippen LogP contribution in [0.5, 0.6) is 5.75 Å². The average molecular weight is 394 g/mol. The lowest BCUT2D eigenvalue weighted by molar-refractivity contribution is -0.122. The highest BCUT2D eigenvalue weighted by Crippen LogP contribution is 2.30. The second kappa shape index (κ2) is 9.01. The first-order valence-corrected chi connectivity index (χ1v) is 9.97. The molecule has 2 aromatic carbocycles. The molecule has 29 heavy (non-hydrogen) atoms. The third kappa shape index (κ3) is 4.71. The van der Waals surface area contributed by atoms with Gasteiger partial charge in [-0.05, 0) is 18.6 Å². The Morgan fingerprint density at radius 3 is 2.66 bits per heavy atom. The van der Waals surface area contributed by atoms with Gasteiger partial charge in [0.05, 0.1) is 0 Å². The molecule has 2 aliphatic heterocycles. The second-order valence-electron chi connectivity index (χ2n) is 7.20. The van der Waals surface area contributed by atoms with Gasteiger partial charge in [-0.25, -0.2) is 0 Å². The fourth-order valence-corrected chi connectivity index (χ4v) is 3.63. The summed E-state index contributed by atoms with van der Waals surface area (Å²) in [4.78, 5) is 14.7. The lowest BCUT2D eigenvalue weighted by atomic mass is 10.1. The highest BCUT2D eigenvalue weighted by Gasteiger charge is 2.24. The van der Waals surface area contributed by atoms with Crippen LogP contribution in [-0.4, -0.2) is 43.7 Å². The van der Waals surface area contributed by atoms with E-state index in [1.807, 2.05) is 36.4 Å². The molecule has 6 heteroatoms. The van der Waals surface area contributed by atoms with Crippen molar-refractivity contribution in [2.24, 2.45) is 0 Å². The minimum Gasteiger partial charge on any atom is -0.491 e. The molecule has 0 fully saturated rings. The van der Waals surface area contributed by atoms with Crippen molar-refractivity contribution < 1.29 is 19.0 Å². The summed E-state index contributed by atoms with van der Waals surface area (Å²) >= 11 is 0. The number of carbonyl (C=O) groups excluding carboxylic acids is 1. The van der Waals surface area contributed by atoms with Gasteiger partial charge >= 0.3 is 0 Å². The van der Waals surface area contributed by atoms with Gasteiger partial charge in [0, 0.05) is 31.7 Å². The molecule has 152 valence electrons. The average Bonchev–Trinajstić information content (AvgIpc) is 2.94. The number of fused-ring (bicyclic) bond motifs is 1.